The molecule has 1 aromatic heterocycles. The first-order chi connectivity index (χ1) is 7.68. The number of aromatic nitrogens is 1. The molecule has 3 nitrogen and oxygen atoms in total. The lowest BCUT2D eigenvalue weighted by Gasteiger charge is -2.25. The summed E-state index contributed by atoms with van der Waals surface area (Å²) in [5.74, 6) is 0.656. The summed E-state index contributed by atoms with van der Waals surface area (Å²) in [5, 5.41) is 0. The van der Waals surface area contributed by atoms with Crippen molar-refractivity contribution in [1.82, 2.24) is 9.88 Å². The Bertz CT molecular complexity index is 397. The van der Waals surface area contributed by atoms with E-state index >= 15 is 0 Å². The largest absolute Gasteiger partial charge is 0.329 e. The molecule has 1 aliphatic rings. The highest BCUT2D eigenvalue weighted by Gasteiger charge is 2.27. The molecule has 0 spiro atoms. The number of hydrogen-bond donors (Lipinski definition) is 1. The summed E-state index contributed by atoms with van der Waals surface area (Å²) in [7, 11) is 0. The van der Waals surface area contributed by atoms with Crippen LogP contribution in [0.4, 0.5) is 0 Å². The van der Waals surface area contributed by atoms with Crippen LogP contribution >= 0.6 is 0 Å². The fourth-order valence-corrected chi connectivity index (χ4v) is 2.56. The second-order valence-electron chi connectivity index (χ2n) is 5.00. The number of nitrogens with zero attached hydrogens (tertiary/aromatic N) is 1. The molecule has 0 aromatic carbocycles. The highest BCUT2D eigenvalue weighted by atomic mass is 16.1. The highest BCUT2D eigenvalue weighted by Crippen LogP contribution is 2.30. The maximum Gasteiger partial charge on any atom is 0.252 e. The van der Waals surface area contributed by atoms with Gasteiger partial charge < -0.3 is 4.98 Å². The van der Waals surface area contributed by atoms with Crippen LogP contribution in [-0.4, -0.2) is 23.0 Å². The van der Waals surface area contributed by atoms with E-state index in [2.05, 4.69) is 23.7 Å². The van der Waals surface area contributed by atoms with Gasteiger partial charge in [-0.15, -0.1) is 0 Å². The van der Waals surface area contributed by atoms with Crippen LogP contribution in [0.2, 0.25) is 0 Å². The standard InChI is InChI=1S/C13H20N2O/c1-10(2)9-15-8-4-6-12(15)11-5-3-7-14-13(11)16/h3,5,7,10,12H,4,6,8-9H2,1-2H3,(H,14,16). The second kappa shape index (κ2) is 4.83. The molecule has 1 saturated heterocycles. The lowest BCUT2D eigenvalue weighted by molar-refractivity contribution is 0.227. The van der Waals surface area contributed by atoms with Gasteiger partial charge in [-0.05, 0) is 31.4 Å². The van der Waals surface area contributed by atoms with E-state index in [0.29, 0.717) is 12.0 Å². The summed E-state index contributed by atoms with van der Waals surface area (Å²) < 4.78 is 0. The Morgan fingerprint density at radius 3 is 3.06 bits per heavy atom. The number of hydrogen-bond acceptors (Lipinski definition) is 2. The number of nitrogens with one attached hydrogen (secondary N) is 1. The van der Waals surface area contributed by atoms with E-state index in [1.165, 1.54) is 6.42 Å². The van der Waals surface area contributed by atoms with Gasteiger partial charge in [-0.1, -0.05) is 19.9 Å². The molecule has 0 bridgehead atoms. The molecule has 1 aliphatic heterocycles. The first-order valence-corrected chi connectivity index (χ1v) is 6.10. The lowest BCUT2D eigenvalue weighted by atomic mass is 10.1. The van der Waals surface area contributed by atoms with Crippen LogP contribution in [0.3, 0.4) is 0 Å². The Labute approximate surface area is 96.5 Å². The predicted molar refractivity (Wildman–Crippen MR) is 65.4 cm³/mol. The molecule has 1 aromatic rings. The zero-order valence-electron chi connectivity index (χ0n) is 10.1. The molecule has 0 radical (unpaired) electrons. The maximum atomic E-state index is 11.8. The van der Waals surface area contributed by atoms with Gasteiger partial charge >= 0.3 is 0 Å². The fourth-order valence-electron chi connectivity index (χ4n) is 2.56. The quantitative estimate of drug-likeness (QED) is 0.847. The summed E-state index contributed by atoms with van der Waals surface area (Å²) in [6, 6.07) is 4.21. The number of pyridine rings is 1. The first-order valence-electron chi connectivity index (χ1n) is 6.10. The van der Waals surface area contributed by atoms with Crippen LogP contribution in [0, 0.1) is 5.92 Å². The zero-order chi connectivity index (χ0) is 11.5. The molecule has 3 heteroatoms. The minimum Gasteiger partial charge on any atom is -0.329 e. The predicted octanol–water partition coefficient (Wildman–Crippen LogP) is 2.17. The molecule has 16 heavy (non-hydrogen) atoms. The van der Waals surface area contributed by atoms with Crippen LogP contribution in [0.15, 0.2) is 23.1 Å². The van der Waals surface area contributed by atoms with Crippen LogP contribution in [0.25, 0.3) is 0 Å². The van der Waals surface area contributed by atoms with E-state index in [1.807, 2.05) is 12.1 Å². The molecular weight excluding hydrogens is 200 g/mol. The Balaban J connectivity index is 2.20. The van der Waals surface area contributed by atoms with Crippen molar-refractivity contribution in [2.75, 3.05) is 13.1 Å². The van der Waals surface area contributed by atoms with Crippen molar-refractivity contribution < 1.29 is 0 Å². The maximum absolute atomic E-state index is 11.8. The van der Waals surface area contributed by atoms with Crippen molar-refractivity contribution in [3.63, 3.8) is 0 Å². The van der Waals surface area contributed by atoms with Crippen LogP contribution in [-0.2, 0) is 0 Å². The van der Waals surface area contributed by atoms with Gasteiger partial charge in [-0.25, -0.2) is 0 Å². The molecule has 0 amide bonds. The van der Waals surface area contributed by atoms with Crippen molar-refractivity contribution in [3.8, 4) is 0 Å². The molecule has 2 heterocycles. The van der Waals surface area contributed by atoms with Gasteiger partial charge in [0.15, 0.2) is 0 Å². The SMILES string of the molecule is CC(C)CN1CCCC1c1ccc[nH]c1=O. The molecular formula is C13H20N2O. The van der Waals surface area contributed by atoms with Gasteiger partial charge in [0.2, 0.25) is 0 Å². The van der Waals surface area contributed by atoms with Gasteiger partial charge in [-0.2, -0.15) is 0 Å². The van der Waals surface area contributed by atoms with Crippen molar-refractivity contribution >= 4 is 0 Å². The summed E-state index contributed by atoms with van der Waals surface area (Å²) in [4.78, 5) is 17.0. The van der Waals surface area contributed by atoms with E-state index in [1.54, 1.807) is 6.20 Å². The van der Waals surface area contributed by atoms with E-state index < -0.39 is 0 Å². The third-order valence-corrected chi connectivity index (χ3v) is 3.17. The van der Waals surface area contributed by atoms with Gasteiger partial charge in [-0.3, -0.25) is 9.69 Å². The summed E-state index contributed by atoms with van der Waals surface area (Å²) in [5.41, 5.74) is 1.00. The average molecular weight is 220 g/mol. The molecule has 0 aliphatic carbocycles. The molecule has 0 saturated carbocycles. The molecule has 1 atom stereocenters. The average Bonchev–Trinajstić information content (AvgIpc) is 2.66. The minimum atomic E-state index is 0.0724. The van der Waals surface area contributed by atoms with Crippen LogP contribution in [0.1, 0.15) is 38.3 Å². The fraction of sp³-hybridized carbons (Fsp3) is 0.615. The Hall–Kier alpha value is -1.09. The van der Waals surface area contributed by atoms with E-state index in [0.717, 1.165) is 25.1 Å². The minimum absolute atomic E-state index is 0.0724. The van der Waals surface area contributed by atoms with Crippen molar-refractivity contribution in [2.24, 2.45) is 5.92 Å². The van der Waals surface area contributed by atoms with Crippen molar-refractivity contribution in [1.29, 1.82) is 0 Å². The second-order valence-corrected chi connectivity index (χ2v) is 5.00. The molecule has 1 N–H and O–H groups in total. The first kappa shape index (κ1) is 11.4. The highest BCUT2D eigenvalue weighted by molar-refractivity contribution is 5.15. The topological polar surface area (TPSA) is 36.1 Å². The Morgan fingerprint density at radius 1 is 1.56 bits per heavy atom. The van der Waals surface area contributed by atoms with E-state index in [4.69, 9.17) is 0 Å². The summed E-state index contributed by atoms with van der Waals surface area (Å²) >= 11 is 0. The number of H-pyrrole nitrogens is 1. The third kappa shape index (κ3) is 2.35. The Kier molecular flexibility index (Phi) is 3.44. The number of likely N-dealkylation sites (tertiary alicyclic amines) is 1. The summed E-state index contributed by atoms with van der Waals surface area (Å²) in [6.45, 7) is 6.66. The van der Waals surface area contributed by atoms with E-state index in [9.17, 15) is 4.79 Å². The Morgan fingerprint density at radius 2 is 2.38 bits per heavy atom. The smallest absolute Gasteiger partial charge is 0.252 e. The normalized spacial score (nSPS) is 21.8. The molecule has 1 unspecified atom stereocenters. The van der Waals surface area contributed by atoms with Gasteiger partial charge in [0.1, 0.15) is 0 Å². The van der Waals surface area contributed by atoms with Gasteiger partial charge in [0, 0.05) is 24.3 Å². The molecule has 1 fully saturated rings. The molecule has 88 valence electrons. The van der Waals surface area contributed by atoms with Gasteiger partial charge in [0.25, 0.3) is 5.56 Å². The van der Waals surface area contributed by atoms with E-state index in [-0.39, 0.29) is 5.56 Å². The monoisotopic (exact) mass is 220 g/mol. The third-order valence-electron chi connectivity index (χ3n) is 3.17. The number of rotatable bonds is 3. The summed E-state index contributed by atoms with van der Waals surface area (Å²) in [6.07, 6.45) is 4.01. The zero-order valence-corrected chi connectivity index (χ0v) is 10.1. The van der Waals surface area contributed by atoms with Crippen LogP contribution < -0.4 is 5.56 Å². The number of aromatic amines is 1. The molecule has 2 rings (SSSR count). The van der Waals surface area contributed by atoms with Crippen molar-refractivity contribution in [2.45, 2.75) is 32.7 Å². The van der Waals surface area contributed by atoms with Crippen molar-refractivity contribution in [3.05, 3.63) is 34.2 Å². The van der Waals surface area contributed by atoms with Gasteiger partial charge in [0.05, 0.1) is 0 Å². The van der Waals surface area contributed by atoms with Crippen LogP contribution in [0.5, 0.6) is 0 Å². The lowest BCUT2D eigenvalue weighted by Crippen LogP contribution is -2.30.